The minimum Gasteiger partial charge on any atom is -0.497 e. The van der Waals surface area contributed by atoms with Crippen molar-refractivity contribution in [1.29, 1.82) is 0 Å². The van der Waals surface area contributed by atoms with Crippen LogP contribution in [0.1, 0.15) is 28.8 Å². The number of nitrogens with one attached hydrogen (secondary N) is 1. The number of ether oxygens (including phenoxy) is 3. The van der Waals surface area contributed by atoms with Crippen molar-refractivity contribution in [3.05, 3.63) is 100 Å². The lowest BCUT2D eigenvalue weighted by atomic mass is 9.84. The second kappa shape index (κ2) is 8.32. The smallest absolute Gasteiger partial charge is 0.226 e. The fourth-order valence-corrected chi connectivity index (χ4v) is 4.90. The summed E-state index contributed by atoms with van der Waals surface area (Å²) >= 11 is 6.37. The van der Waals surface area contributed by atoms with Gasteiger partial charge in [0.25, 0.3) is 0 Å². The van der Waals surface area contributed by atoms with Crippen LogP contribution in [0.2, 0.25) is 5.02 Å². The van der Waals surface area contributed by atoms with Gasteiger partial charge in [0.15, 0.2) is 6.10 Å². The average molecular weight is 491 g/mol. The van der Waals surface area contributed by atoms with Crippen LogP contribution in [0.5, 0.6) is 17.2 Å². The zero-order chi connectivity index (χ0) is 24.1. The summed E-state index contributed by atoms with van der Waals surface area (Å²) in [6.07, 6.45) is 0.811. The zero-order valence-electron chi connectivity index (χ0n) is 18.8. The zero-order valence-corrected chi connectivity index (χ0v) is 19.6. The molecule has 0 saturated carbocycles. The van der Waals surface area contributed by atoms with Gasteiger partial charge >= 0.3 is 0 Å². The molecular formula is C26H20ClFN4O3. The summed E-state index contributed by atoms with van der Waals surface area (Å²) in [5.41, 5.74) is 3.46. The Morgan fingerprint density at radius 2 is 1.89 bits per heavy atom. The third-order valence-electron chi connectivity index (χ3n) is 6.30. The molecule has 0 saturated heterocycles. The molecule has 9 heteroatoms. The van der Waals surface area contributed by atoms with E-state index in [1.165, 1.54) is 12.4 Å². The first-order chi connectivity index (χ1) is 17.1. The van der Waals surface area contributed by atoms with E-state index in [-0.39, 0.29) is 5.82 Å². The Labute approximate surface area is 205 Å². The molecule has 2 aliphatic rings. The van der Waals surface area contributed by atoms with E-state index < -0.39 is 12.1 Å². The summed E-state index contributed by atoms with van der Waals surface area (Å²) in [6, 6.07) is 17.0. The molecule has 1 aromatic heterocycles. The second-order valence-electron chi connectivity index (χ2n) is 8.15. The molecule has 0 fully saturated rings. The van der Waals surface area contributed by atoms with E-state index in [0.717, 1.165) is 22.4 Å². The van der Waals surface area contributed by atoms with Gasteiger partial charge in [-0.05, 0) is 36.4 Å². The number of nitrogens with zero attached hydrogens (tertiary/aromatic N) is 3. The highest BCUT2D eigenvalue weighted by molar-refractivity contribution is 6.30. The molecule has 6 rings (SSSR count). The number of halogens is 2. The van der Waals surface area contributed by atoms with E-state index in [2.05, 4.69) is 15.4 Å². The number of methoxy groups -OCH3 is 2. The van der Waals surface area contributed by atoms with Gasteiger partial charge in [-0.1, -0.05) is 29.8 Å². The van der Waals surface area contributed by atoms with Crippen molar-refractivity contribution in [3.63, 3.8) is 0 Å². The van der Waals surface area contributed by atoms with E-state index >= 15 is 4.39 Å². The maximum absolute atomic E-state index is 15.3. The van der Waals surface area contributed by atoms with E-state index in [1.807, 2.05) is 24.3 Å². The lowest BCUT2D eigenvalue weighted by molar-refractivity contribution is 0.217. The number of benzene rings is 3. The summed E-state index contributed by atoms with van der Waals surface area (Å²) in [5, 5.41) is 8.36. The first-order valence-corrected chi connectivity index (χ1v) is 11.3. The van der Waals surface area contributed by atoms with Crippen LogP contribution >= 0.6 is 11.6 Å². The quantitative estimate of drug-likeness (QED) is 0.399. The van der Waals surface area contributed by atoms with Crippen molar-refractivity contribution >= 4 is 23.2 Å². The van der Waals surface area contributed by atoms with Crippen LogP contribution in [0.3, 0.4) is 0 Å². The Hall–Kier alpha value is -4.04. The molecule has 4 aromatic rings. The molecule has 0 bridgehead atoms. The van der Waals surface area contributed by atoms with Gasteiger partial charge in [-0.2, -0.15) is 10.1 Å². The Morgan fingerprint density at radius 3 is 2.69 bits per heavy atom. The molecule has 0 radical (unpaired) electrons. The minimum absolute atomic E-state index is 0.356. The van der Waals surface area contributed by atoms with Crippen LogP contribution in [0.25, 0.3) is 5.70 Å². The predicted octanol–water partition coefficient (Wildman–Crippen LogP) is 5.65. The van der Waals surface area contributed by atoms with Crippen LogP contribution in [0.15, 0.2) is 72.6 Å². The van der Waals surface area contributed by atoms with Crippen LogP contribution in [-0.2, 0) is 0 Å². The maximum atomic E-state index is 15.3. The fraction of sp³-hybridized carbons (Fsp3) is 0.154. The molecule has 0 spiro atoms. The van der Waals surface area contributed by atoms with Gasteiger partial charge in [0.05, 0.1) is 19.9 Å². The van der Waals surface area contributed by atoms with Crippen LogP contribution in [0, 0.1) is 5.82 Å². The molecule has 2 atom stereocenters. The van der Waals surface area contributed by atoms with Crippen LogP contribution in [-0.4, -0.2) is 29.0 Å². The highest BCUT2D eigenvalue weighted by Crippen LogP contribution is 2.52. The number of hydrogen-bond donors (Lipinski definition) is 1. The molecular weight excluding hydrogens is 471 g/mol. The van der Waals surface area contributed by atoms with Gasteiger partial charge in [0.1, 0.15) is 35.4 Å². The summed E-state index contributed by atoms with van der Waals surface area (Å²) in [4.78, 5) is 4.37. The molecule has 0 amide bonds. The topological polar surface area (TPSA) is 70.4 Å². The van der Waals surface area contributed by atoms with Crippen molar-refractivity contribution in [2.45, 2.75) is 12.1 Å². The minimum atomic E-state index is -0.631. The molecule has 3 aromatic carbocycles. The second-order valence-corrected chi connectivity index (χ2v) is 8.59. The average Bonchev–Trinajstić information content (AvgIpc) is 3.36. The predicted molar refractivity (Wildman–Crippen MR) is 129 cm³/mol. The first kappa shape index (κ1) is 21.5. The molecule has 0 unspecified atom stereocenters. The number of fused-ring (bicyclic) bond motifs is 3. The first-order valence-electron chi connectivity index (χ1n) is 10.9. The maximum Gasteiger partial charge on any atom is 0.226 e. The van der Waals surface area contributed by atoms with E-state index in [0.29, 0.717) is 33.8 Å². The van der Waals surface area contributed by atoms with Crippen molar-refractivity contribution in [3.8, 4) is 17.2 Å². The largest absolute Gasteiger partial charge is 0.497 e. The summed E-state index contributed by atoms with van der Waals surface area (Å²) in [5.74, 6) is 1.99. The monoisotopic (exact) mass is 490 g/mol. The van der Waals surface area contributed by atoms with Crippen molar-refractivity contribution in [2.75, 3.05) is 19.5 Å². The van der Waals surface area contributed by atoms with E-state index in [1.54, 1.807) is 49.2 Å². The number of aromatic nitrogens is 3. The van der Waals surface area contributed by atoms with Gasteiger partial charge < -0.3 is 19.5 Å². The van der Waals surface area contributed by atoms with Crippen LogP contribution < -0.4 is 19.5 Å². The van der Waals surface area contributed by atoms with Crippen LogP contribution in [0.4, 0.5) is 10.3 Å². The third-order valence-corrected chi connectivity index (χ3v) is 6.53. The lowest BCUT2D eigenvalue weighted by Gasteiger charge is -2.39. The lowest BCUT2D eigenvalue weighted by Crippen LogP contribution is -2.33. The molecule has 0 aliphatic carbocycles. The normalized spacial score (nSPS) is 18.1. The number of rotatable bonds is 4. The molecule has 176 valence electrons. The SMILES string of the molecule is COc1ccc([C@H]2Oc3ccc(Cl)cc3C3=C2[C@@H](c2ccccc2F)n2ncnc2N3)c(OC)c1. The number of anilines is 1. The molecule has 2 aliphatic heterocycles. The van der Waals surface area contributed by atoms with E-state index in [4.69, 9.17) is 25.8 Å². The van der Waals surface area contributed by atoms with Gasteiger partial charge in [-0.15, -0.1) is 0 Å². The summed E-state index contributed by atoms with van der Waals surface area (Å²) < 4.78 is 34.6. The van der Waals surface area contributed by atoms with Crippen molar-refractivity contribution in [2.24, 2.45) is 0 Å². The summed E-state index contributed by atoms with van der Waals surface area (Å²) in [6.45, 7) is 0. The molecule has 3 heterocycles. The highest BCUT2D eigenvalue weighted by Gasteiger charge is 2.42. The molecule has 7 nitrogen and oxygen atoms in total. The standard InChI is InChI=1S/C26H20ClFN4O3/c1-33-15-8-9-17(21(12-15)34-2)25-22-23(18-11-14(27)7-10-20(18)35-25)31-26-29-13-30-32(26)24(22)16-5-3-4-6-19(16)28/h3-13,24-25H,1-2H3,(H,29,30,31)/t24-,25-/m1/s1. The third kappa shape index (κ3) is 3.40. The Balaban J connectivity index is 1.65. The van der Waals surface area contributed by atoms with Gasteiger partial charge in [-0.3, -0.25) is 0 Å². The summed E-state index contributed by atoms with van der Waals surface area (Å²) in [7, 11) is 3.19. The Bertz CT molecular complexity index is 1490. The van der Waals surface area contributed by atoms with Gasteiger partial charge in [0.2, 0.25) is 5.95 Å². The fourth-order valence-electron chi connectivity index (χ4n) is 4.73. The van der Waals surface area contributed by atoms with Crippen molar-refractivity contribution in [1.82, 2.24) is 14.8 Å². The molecule has 1 N–H and O–H groups in total. The Morgan fingerprint density at radius 1 is 1.03 bits per heavy atom. The molecule has 35 heavy (non-hydrogen) atoms. The van der Waals surface area contributed by atoms with Crippen molar-refractivity contribution < 1.29 is 18.6 Å². The highest BCUT2D eigenvalue weighted by atomic mass is 35.5. The number of hydrogen-bond acceptors (Lipinski definition) is 6. The van der Waals surface area contributed by atoms with E-state index in [9.17, 15) is 0 Å². The van der Waals surface area contributed by atoms with Gasteiger partial charge in [0, 0.05) is 33.4 Å². The Kier molecular flexibility index (Phi) is 5.11. The van der Waals surface area contributed by atoms with Gasteiger partial charge in [-0.25, -0.2) is 9.07 Å².